The van der Waals surface area contributed by atoms with Gasteiger partial charge in [-0.15, -0.1) is 0 Å². The van der Waals surface area contributed by atoms with E-state index in [-0.39, 0.29) is 12.3 Å². The first-order chi connectivity index (χ1) is 8.35. The highest BCUT2D eigenvalue weighted by Crippen LogP contribution is 2.32. The van der Waals surface area contributed by atoms with E-state index in [1.165, 1.54) is 0 Å². The Bertz CT molecular complexity index is 311. The molecule has 1 aliphatic carbocycles. The lowest BCUT2D eigenvalue weighted by molar-refractivity contribution is -0.137. The van der Waals surface area contributed by atoms with Gasteiger partial charge < -0.3 is 16.2 Å². The molecule has 5 heteroatoms. The summed E-state index contributed by atoms with van der Waals surface area (Å²) >= 11 is 0. The Morgan fingerprint density at radius 2 is 1.94 bits per heavy atom. The summed E-state index contributed by atoms with van der Waals surface area (Å²) in [4.78, 5) is 22.2. The molecule has 0 aromatic heterocycles. The smallest absolute Gasteiger partial charge is 0.303 e. The van der Waals surface area contributed by atoms with Gasteiger partial charge >= 0.3 is 5.97 Å². The molecule has 1 rings (SSSR count). The molecule has 4 N–H and O–H groups in total. The summed E-state index contributed by atoms with van der Waals surface area (Å²) < 4.78 is 0. The summed E-state index contributed by atoms with van der Waals surface area (Å²) in [6.07, 6.45) is 3.21. The van der Waals surface area contributed by atoms with Gasteiger partial charge in [-0.05, 0) is 37.5 Å². The molecule has 0 bridgehead atoms. The molecule has 0 aliphatic heterocycles. The minimum atomic E-state index is -0.761. The van der Waals surface area contributed by atoms with Crippen LogP contribution in [-0.4, -0.2) is 29.1 Å². The van der Waals surface area contributed by atoms with E-state index < -0.39 is 11.5 Å². The van der Waals surface area contributed by atoms with Crippen LogP contribution in [0.3, 0.4) is 0 Å². The van der Waals surface area contributed by atoms with E-state index in [1.54, 1.807) is 0 Å². The molecular formula is C13H24N2O3. The minimum Gasteiger partial charge on any atom is -0.481 e. The standard InChI is InChI=1S/C13H24N2O3/c1-9(2)10(3-4-11(16)17)5-8-15-12(18)13(14)6-7-13/h9-10H,3-8,14H2,1-2H3,(H,15,18)(H,16,17). The molecule has 18 heavy (non-hydrogen) atoms. The maximum absolute atomic E-state index is 11.6. The predicted octanol–water partition coefficient (Wildman–Crippen LogP) is 1.12. The van der Waals surface area contributed by atoms with E-state index in [2.05, 4.69) is 19.2 Å². The molecule has 1 aliphatic rings. The first-order valence-corrected chi connectivity index (χ1v) is 6.64. The molecule has 0 saturated heterocycles. The van der Waals surface area contributed by atoms with E-state index in [1.807, 2.05) is 0 Å². The molecule has 1 atom stereocenters. The third-order valence-corrected chi connectivity index (χ3v) is 3.71. The van der Waals surface area contributed by atoms with Crippen LogP contribution in [0.1, 0.15) is 46.0 Å². The van der Waals surface area contributed by atoms with Gasteiger partial charge in [0.25, 0.3) is 0 Å². The van der Waals surface area contributed by atoms with E-state index >= 15 is 0 Å². The average molecular weight is 256 g/mol. The number of rotatable bonds is 8. The first kappa shape index (κ1) is 15.0. The lowest BCUT2D eigenvalue weighted by Crippen LogP contribution is -2.43. The highest BCUT2D eigenvalue weighted by atomic mass is 16.4. The van der Waals surface area contributed by atoms with Crippen molar-refractivity contribution in [3.05, 3.63) is 0 Å². The van der Waals surface area contributed by atoms with Gasteiger partial charge in [0.1, 0.15) is 0 Å². The number of hydrogen-bond donors (Lipinski definition) is 3. The number of nitrogens with one attached hydrogen (secondary N) is 1. The Morgan fingerprint density at radius 1 is 1.33 bits per heavy atom. The number of aliphatic carboxylic acids is 1. The fraction of sp³-hybridized carbons (Fsp3) is 0.846. The molecule has 5 nitrogen and oxygen atoms in total. The number of carboxylic acids is 1. The Kier molecular flexibility index (Phi) is 5.14. The minimum absolute atomic E-state index is 0.0664. The van der Waals surface area contributed by atoms with Gasteiger partial charge in [0, 0.05) is 13.0 Å². The van der Waals surface area contributed by atoms with E-state index in [4.69, 9.17) is 10.8 Å². The summed E-state index contributed by atoms with van der Waals surface area (Å²) in [6.45, 7) is 4.75. The first-order valence-electron chi connectivity index (χ1n) is 6.64. The number of carboxylic acid groups (broad SMARTS) is 1. The van der Waals surface area contributed by atoms with Crippen LogP contribution in [0.15, 0.2) is 0 Å². The molecule has 1 fully saturated rings. The third kappa shape index (κ3) is 4.64. The van der Waals surface area contributed by atoms with Gasteiger partial charge in [-0.25, -0.2) is 0 Å². The molecule has 0 radical (unpaired) electrons. The van der Waals surface area contributed by atoms with Crippen molar-refractivity contribution in [2.75, 3.05) is 6.54 Å². The van der Waals surface area contributed by atoms with Gasteiger partial charge in [-0.1, -0.05) is 13.8 Å². The highest BCUT2D eigenvalue weighted by molar-refractivity contribution is 5.88. The van der Waals surface area contributed by atoms with Crippen LogP contribution in [0, 0.1) is 11.8 Å². The Morgan fingerprint density at radius 3 is 2.39 bits per heavy atom. The third-order valence-electron chi connectivity index (χ3n) is 3.71. The zero-order valence-corrected chi connectivity index (χ0v) is 11.2. The molecule has 0 aromatic carbocycles. The van der Waals surface area contributed by atoms with E-state index in [0.29, 0.717) is 24.8 Å². The second-order valence-corrected chi connectivity index (χ2v) is 5.64. The van der Waals surface area contributed by atoms with Crippen molar-refractivity contribution in [3.8, 4) is 0 Å². The molecule has 0 spiro atoms. The van der Waals surface area contributed by atoms with Crippen molar-refractivity contribution < 1.29 is 14.7 Å². The highest BCUT2D eigenvalue weighted by Gasteiger charge is 2.45. The molecule has 1 amide bonds. The van der Waals surface area contributed by atoms with Gasteiger partial charge in [0.05, 0.1) is 5.54 Å². The summed E-state index contributed by atoms with van der Waals surface area (Å²) in [7, 11) is 0. The largest absolute Gasteiger partial charge is 0.481 e. The van der Waals surface area contributed by atoms with Crippen molar-refractivity contribution in [1.29, 1.82) is 0 Å². The maximum atomic E-state index is 11.6. The van der Waals surface area contributed by atoms with Crippen molar-refractivity contribution >= 4 is 11.9 Å². The van der Waals surface area contributed by atoms with Gasteiger partial charge in [0.2, 0.25) is 5.91 Å². The number of carbonyl (C=O) groups is 2. The second-order valence-electron chi connectivity index (χ2n) is 5.64. The van der Waals surface area contributed by atoms with Crippen LogP contribution in [0.5, 0.6) is 0 Å². The fourth-order valence-corrected chi connectivity index (χ4v) is 2.03. The number of amides is 1. The lowest BCUT2D eigenvalue weighted by atomic mass is 9.88. The maximum Gasteiger partial charge on any atom is 0.303 e. The van der Waals surface area contributed by atoms with Gasteiger partial charge in [-0.2, -0.15) is 0 Å². The Hall–Kier alpha value is -1.10. The van der Waals surface area contributed by atoms with Crippen molar-refractivity contribution in [3.63, 3.8) is 0 Å². The monoisotopic (exact) mass is 256 g/mol. The average Bonchev–Trinajstić information content (AvgIpc) is 3.01. The summed E-state index contributed by atoms with van der Waals surface area (Å²) in [5, 5.41) is 11.5. The summed E-state index contributed by atoms with van der Waals surface area (Å²) in [5.41, 5.74) is 5.16. The normalized spacial score (nSPS) is 18.4. The quantitative estimate of drug-likeness (QED) is 0.607. The second kappa shape index (κ2) is 6.18. The number of nitrogens with two attached hydrogens (primary N) is 1. The Balaban J connectivity index is 2.24. The molecule has 104 valence electrons. The van der Waals surface area contributed by atoms with Crippen molar-refractivity contribution in [1.82, 2.24) is 5.32 Å². The fourth-order valence-electron chi connectivity index (χ4n) is 2.03. The Labute approximate surface area is 108 Å². The summed E-state index contributed by atoms with van der Waals surface area (Å²) in [5.74, 6) is -0.0739. The molecule has 1 unspecified atom stereocenters. The lowest BCUT2D eigenvalue weighted by Gasteiger charge is -2.20. The van der Waals surface area contributed by atoms with Crippen molar-refractivity contribution in [2.45, 2.75) is 51.5 Å². The SMILES string of the molecule is CC(C)C(CCNC(=O)C1(N)CC1)CCC(=O)O. The van der Waals surface area contributed by atoms with Gasteiger partial charge in [0.15, 0.2) is 0 Å². The molecule has 0 heterocycles. The number of carbonyl (C=O) groups excluding carboxylic acids is 1. The van der Waals surface area contributed by atoms with Crippen LogP contribution in [0.25, 0.3) is 0 Å². The topological polar surface area (TPSA) is 92.4 Å². The van der Waals surface area contributed by atoms with Crippen LogP contribution < -0.4 is 11.1 Å². The van der Waals surface area contributed by atoms with Crippen molar-refractivity contribution in [2.24, 2.45) is 17.6 Å². The zero-order chi connectivity index (χ0) is 13.8. The van der Waals surface area contributed by atoms with E-state index in [9.17, 15) is 9.59 Å². The molecular weight excluding hydrogens is 232 g/mol. The van der Waals surface area contributed by atoms with Crippen LogP contribution in [-0.2, 0) is 9.59 Å². The molecule has 0 aromatic rings. The zero-order valence-electron chi connectivity index (χ0n) is 11.2. The van der Waals surface area contributed by atoms with Crippen LogP contribution in [0.4, 0.5) is 0 Å². The predicted molar refractivity (Wildman–Crippen MR) is 69.0 cm³/mol. The van der Waals surface area contributed by atoms with E-state index in [0.717, 1.165) is 19.3 Å². The van der Waals surface area contributed by atoms with Crippen LogP contribution >= 0.6 is 0 Å². The van der Waals surface area contributed by atoms with Crippen LogP contribution in [0.2, 0.25) is 0 Å². The van der Waals surface area contributed by atoms with Gasteiger partial charge in [-0.3, -0.25) is 9.59 Å². The number of hydrogen-bond acceptors (Lipinski definition) is 3. The molecule has 1 saturated carbocycles. The summed E-state index contributed by atoms with van der Waals surface area (Å²) in [6, 6.07) is 0.